The molecule has 3 aromatic heterocycles. The van der Waals surface area contributed by atoms with Crippen molar-refractivity contribution in [3.05, 3.63) is 219 Å². The number of nitrogens with one attached hydrogen (secondary N) is 3. The Balaban J connectivity index is 0.000000144. The van der Waals surface area contributed by atoms with Crippen LogP contribution in [0, 0.1) is 17.2 Å². The second kappa shape index (κ2) is 29.0. The molecule has 13 heteroatoms. The summed E-state index contributed by atoms with van der Waals surface area (Å²) >= 11 is 0. The molecule has 3 saturated heterocycles. The number of rotatable bonds is 16. The predicted octanol–water partition coefficient (Wildman–Crippen LogP) is 13.6. The first-order chi connectivity index (χ1) is 38.6. The van der Waals surface area contributed by atoms with Gasteiger partial charge in [0.15, 0.2) is 0 Å². The zero-order chi connectivity index (χ0) is 54.7. The monoisotopic (exact) mass is 1070 g/mol. The normalized spacial score (nSPS) is 18.0. The first-order valence-corrected chi connectivity index (χ1v) is 29.0. The summed E-state index contributed by atoms with van der Waals surface area (Å²) in [5.41, 5.74) is 19.0. The quantitative estimate of drug-likeness (QED) is 0.0709. The number of hydrogen-bond donors (Lipinski definition) is 4. The van der Waals surface area contributed by atoms with Crippen molar-refractivity contribution in [2.24, 2.45) is 17.6 Å². The van der Waals surface area contributed by atoms with E-state index in [2.05, 4.69) is 113 Å². The smallest absolute Gasteiger partial charge is 0.402 e. The summed E-state index contributed by atoms with van der Waals surface area (Å²) in [7, 11) is 0. The molecule has 1 saturated carbocycles. The fourth-order valence-corrected chi connectivity index (χ4v) is 12.3. The van der Waals surface area contributed by atoms with Gasteiger partial charge in [0.25, 0.3) is 0 Å². The lowest BCUT2D eigenvalue weighted by molar-refractivity contribution is -0.137. The van der Waals surface area contributed by atoms with Crippen LogP contribution in [0.5, 0.6) is 0 Å². The van der Waals surface area contributed by atoms with Gasteiger partial charge in [0.2, 0.25) is 0 Å². The second-order valence-electron chi connectivity index (χ2n) is 22.5. The maximum absolute atomic E-state index is 12.7. The standard InChI is InChI=1S/C23H26F3N3.C22H31N3.C21H24N4/c24-23(25,26)21-8-6-18(7-9-21)16-29-12-10-19(11-13-29)22(28)20(15-27)14-17-4-2-1-3-5-17;1-3-7-18(8-4-1)15-21-16-23-24-22(21)20-11-13-25(14-12-20)17-19-9-5-2-6-10-19;1-2-4-17(5-3-1)14-20-15-23-24-21(20)19-8-12-25(13-9-19)16-18-6-10-22-11-7-18/h1-9,15,19,27H,10-14,16,28H2;1,3-4,7-8,16,19-20H,2,5-6,9-15,17H2,(H,23,24);1-7,10-11,15,19H,8-9,12-14,16H2,(H,23,24)/b22-20-,27-15?;;. The molecule has 5 N–H and O–H groups in total. The summed E-state index contributed by atoms with van der Waals surface area (Å²) in [6.07, 6.45) is 21.5. The number of H-pyrrole nitrogens is 2. The number of nitrogens with two attached hydrogens (primary N) is 1. The van der Waals surface area contributed by atoms with Crippen molar-refractivity contribution in [2.75, 3.05) is 45.8 Å². The van der Waals surface area contributed by atoms with E-state index in [4.69, 9.17) is 11.1 Å². The number of aromatic amines is 2. The highest BCUT2D eigenvalue weighted by Gasteiger charge is 2.31. The lowest BCUT2D eigenvalue weighted by Gasteiger charge is -2.35. The molecule has 4 fully saturated rings. The van der Waals surface area contributed by atoms with E-state index in [0.29, 0.717) is 24.8 Å². The van der Waals surface area contributed by atoms with Crippen LogP contribution in [0.3, 0.4) is 0 Å². The van der Waals surface area contributed by atoms with Gasteiger partial charge in [-0.1, -0.05) is 122 Å². The molecule has 6 heterocycles. The lowest BCUT2D eigenvalue weighted by Crippen LogP contribution is -2.37. The van der Waals surface area contributed by atoms with E-state index >= 15 is 0 Å². The number of halogens is 3. The highest BCUT2D eigenvalue weighted by Crippen LogP contribution is 2.34. The number of allylic oxidation sites excluding steroid dienone is 2. The molecule has 0 atom stereocenters. The van der Waals surface area contributed by atoms with E-state index in [1.165, 1.54) is 123 Å². The van der Waals surface area contributed by atoms with Crippen molar-refractivity contribution in [3.8, 4) is 0 Å². The Morgan fingerprint density at radius 1 is 0.544 bits per heavy atom. The van der Waals surface area contributed by atoms with Crippen molar-refractivity contribution in [3.63, 3.8) is 0 Å². The van der Waals surface area contributed by atoms with Crippen LogP contribution in [0.1, 0.15) is 138 Å². The van der Waals surface area contributed by atoms with E-state index in [0.717, 1.165) is 98.9 Å². The minimum atomic E-state index is -4.30. The van der Waals surface area contributed by atoms with Crippen molar-refractivity contribution in [1.29, 1.82) is 5.41 Å². The number of hydrogen-bond acceptors (Lipinski definition) is 8. The molecule has 1 aliphatic carbocycles. The number of benzene rings is 4. The number of alkyl halides is 3. The van der Waals surface area contributed by atoms with Gasteiger partial charge < -0.3 is 16.0 Å². The van der Waals surface area contributed by atoms with Gasteiger partial charge in [-0.15, -0.1) is 0 Å². The first kappa shape index (κ1) is 57.0. The van der Waals surface area contributed by atoms with Crippen molar-refractivity contribution >= 4 is 6.21 Å². The Labute approximate surface area is 466 Å². The van der Waals surface area contributed by atoms with Crippen LogP contribution < -0.4 is 5.73 Å². The van der Waals surface area contributed by atoms with E-state index in [9.17, 15) is 13.2 Å². The van der Waals surface area contributed by atoms with Crippen LogP contribution >= 0.6 is 0 Å². The number of aromatic nitrogens is 5. The molecular formula is C66H81F3N10. The predicted molar refractivity (Wildman–Crippen MR) is 312 cm³/mol. The Morgan fingerprint density at radius 2 is 1.00 bits per heavy atom. The Hall–Kier alpha value is -6.67. The number of piperidine rings is 3. The van der Waals surface area contributed by atoms with Gasteiger partial charge in [-0.05, 0) is 165 Å². The molecule has 416 valence electrons. The summed E-state index contributed by atoms with van der Waals surface area (Å²) in [6.45, 7) is 9.45. The largest absolute Gasteiger partial charge is 0.416 e. The van der Waals surface area contributed by atoms with E-state index in [1.54, 1.807) is 12.1 Å². The average molecular weight is 1070 g/mol. The third kappa shape index (κ3) is 17.2. The average Bonchev–Trinajstić information content (AvgIpc) is 4.17. The first-order valence-electron chi connectivity index (χ1n) is 29.0. The fourth-order valence-electron chi connectivity index (χ4n) is 12.3. The molecule has 3 aliphatic heterocycles. The number of likely N-dealkylation sites (tertiary alicyclic amines) is 3. The third-order valence-corrected chi connectivity index (χ3v) is 16.9. The SMILES string of the molecule is N=C/C(Cc1ccccc1)=C(\N)C1CCN(Cc2ccc(C(F)(F)F)cc2)CC1.c1ccc(Cc2cn[nH]c2C2CCN(CC3CCCCC3)CC2)cc1.c1ccc(Cc2cn[nH]c2C2CCN(Cc3ccncc3)CC2)cc1. The van der Waals surface area contributed by atoms with Gasteiger partial charge in [0.1, 0.15) is 0 Å². The van der Waals surface area contributed by atoms with Gasteiger partial charge in [0.05, 0.1) is 18.0 Å². The lowest BCUT2D eigenvalue weighted by atomic mass is 9.86. The van der Waals surface area contributed by atoms with E-state index in [-0.39, 0.29) is 5.92 Å². The third-order valence-electron chi connectivity index (χ3n) is 16.9. The zero-order valence-electron chi connectivity index (χ0n) is 46.0. The van der Waals surface area contributed by atoms with Gasteiger partial charge in [0, 0.05) is 92.3 Å². The van der Waals surface area contributed by atoms with Crippen molar-refractivity contribution < 1.29 is 13.2 Å². The molecule has 0 unspecified atom stereocenters. The van der Waals surface area contributed by atoms with E-state index in [1.807, 2.05) is 55.1 Å². The summed E-state index contributed by atoms with van der Waals surface area (Å²) in [4.78, 5) is 11.6. The molecule has 0 spiro atoms. The molecule has 0 radical (unpaired) electrons. The maximum Gasteiger partial charge on any atom is 0.416 e. The minimum Gasteiger partial charge on any atom is -0.402 e. The van der Waals surface area contributed by atoms with Crippen LogP contribution in [0.25, 0.3) is 0 Å². The summed E-state index contributed by atoms with van der Waals surface area (Å²) in [5, 5.41) is 23.1. The molecular weight excluding hydrogens is 990 g/mol. The van der Waals surface area contributed by atoms with Crippen LogP contribution in [0.2, 0.25) is 0 Å². The highest BCUT2D eigenvalue weighted by atomic mass is 19.4. The Kier molecular flexibility index (Phi) is 20.9. The maximum atomic E-state index is 12.7. The summed E-state index contributed by atoms with van der Waals surface area (Å²) < 4.78 is 38.1. The summed E-state index contributed by atoms with van der Waals surface area (Å²) in [6, 6.07) is 41.0. The van der Waals surface area contributed by atoms with Gasteiger partial charge in [-0.3, -0.25) is 25.0 Å². The summed E-state index contributed by atoms with van der Waals surface area (Å²) in [5.74, 6) is 2.45. The Morgan fingerprint density at radius 3 is 1.48 bits per heavy atom. The fraction of sp³-hybridized carbons (Fsp3) is 0.424. The topological polar surface area (TPSA) is 130 Å². The van der Waals surface area contributed by atoms with Crippen LogP contribution in [-0.2, 0) is 38.5 Å². The van der Waals surface area contributed by atoms with Crippen LogP contribution in [0.15, 0.2) is 163 Å². The number of nitrogens with zero attached hydrogens (tertiary/aromatic N) is 6. The molecule has 10 nitrogen and oxygen atoms in total. The molecule has 79 heavy (non-hydrogen) atoms. The van der Waals surface area contributed by atoms with Crippen molar-refractivity contribution in [1.82, 2.24) is 40.1 Å². The van der Waals surface area contributed by atoms with Gasteiger partial charge in [-0.2, -0.15) is 23.4 Å². The number of pyridine rings is 1. The molecule has 0 bridgehead atoms. The molecule has 0 amide bonds. The Bertz CT molecular complexity index is 2880. The highest BCUT2D eigenvalue weighted by molar-refractivity contribution is 5.77. The molecule has 4 aliphatic rings. The minimum absolute atomic E-state index is 0.235. The molecule has 7 aromatic rings. The van der Waals surface area contributed by atoms with Gasteiger partial charge >= 0.3 is 6.18 Å². The zero-order valence-corrected chi connectivity index (χ0v) is 46.0. The van der Waals surface area contributed by atoms with Gasteiger partial charge in [-0.25, -0.2) is 0 Å². The molecule has 4 aromatic carbocycles. The molecule has 11 rings (SSSR count). The van der Waals surface area contributed by atoms with Crippen LogP contribution in [-0.4, -0.2) is 92.1 Å². The van der Waals surface area contributed by atoms with Crippen LogP contribution in [0.4, 0.5) is 13.2 Å². The van der Waals surface area contributed by atoms with E-state index < -0.39 is 11.7 Å². The van der Waals surface area contributed by atoms with Crippen molar-refractivity contribution in [2.45, 2.75) is 121 Å². The second-order valence-corrected chi connectivity index (χ2v) is 22.5.